The van der Waals surface area contributed by atoms with E-state index < -0.39 is 29.2 Å². The van der Waals surface area contributed by atoms with E-state index in [2.05, 4.69) is 10.4 Å². The maximum absolute atomic E-state index is 13.1. The number of alkyl halides is 3. The van der Waals surface area contributed by atoms with Crippen LogP contribution in [0.15, 0.2) is 18.2 Å². The van der Waals surface area contributed by atoms with Gasteiger partial charge in [0.15, 0.2) is 5.69 Å². The molecule has 2 amide bonds. The molecule has 0 spiro atoms. The van der Waals surface area contributed by atoms with E-state index in [0.717, 1.165) is 10.7 Å². The van der Waals surface area contributed by atoms with E-state index in [4.69, 9.17) is 17.4 Å². The third-order valence-corrected chi connectivity index (χ3v) is 4.21. The molecule has 0 aliphatic heterocycles. The highest BCUT2D eigenvalue weighted by atomic mass is 35.5. The number of aryl methyl sites for hydroxylation is 1. The number of carbonyl (C=O) groups is 2. The van der Waals surface area contributed by atoms with E-state index in [1.165, 1.54) is 12.1 Å². The highest BCUT2D eigenvalue weighted by Crippen LogP contribution is 2.31. The molecule has 1 aromatic heterocycles. The summed E-state index contributed by atoms with van der Waals surface area (Å²) >= 11 is 5.95. The summed E-state index contributed by atoms with van der Waals surface area (Å²) in [7, 11) is 0. The van der Waals surface area contributed by atoms with Crippen LogP contribution in [0.1, 0.15) is 48.1 Å². The first-order chi connectivity index (χ1) is 13.2. The zero-order valence-corrected chi connectivity index (χ0v) is 17.0. The Labute approximate surface area is 170 Å². The molecule has 7 nitrogen and oxygen atoms in total. The molecule has 0 aliphatic rings. The highest BCUT2D eigenvalue weighted by Gasteiger charge is 2.36. The van der Waals surface area contributed by atoms with Gasteiger partial charge in [0.1, 0.15) is 0 Å². The minimum Gasteiger partial charge on any atom is -0.325 e. The van der Waals surface area contributed by atoms with Gasteiger partial charge in [-0.2, -0.15) is 18.3 Å². The molecular formula is C18H21ClF3N5O2. The zero-order valence-electron chi connectivity index (χ0n) is 16.2. The Kier molecular flexibility index (Phi) is 6.29. The fourth-order valence-corrected chi connectivity index (χ4v) is 3.05. The number of anilines is 1. The van der Waals surface area contributed by atoms with Crippen molar-refractivity contribution < 1.29 is 22.8 Å². The lowest BCUT2D eigenvalue weighted by Crippen LogP contribution is -2.31. The summed E-state index contributed by atoms with van der Waals surface area (Å²) in [5.74, 6) is 3.86. The lowest BCUT2D eigenvalue weighted by molar-refractivity contribution is -0.141. The summed E-state index contributed by atoms with van der Waals surface area (Å²) in [5.41, 5.74) is 0.873. The fourth-order valence-electron chi connectivity index (χ4n) is 2.78. The average molecular weight is 432 g/mol. The first-order valence-corrected chi connectivity index (χ1v) is 8.89. The van der Waals surface area contributed by atoms with Crippen LogP contribution < -0.4 is 16.6 Å². The molecule has 0 unspecified atom stereocenters. The smallest absolute Gasteiger partial charge is 0.325 e. The van der Waals surface area contributed by atoms with Crippen molar-refractivity contribution in [2.24, 2.45) is 5.84 Å². The van der Waals surface area contributed by atoms with Gasteiger partial charge in [0.2, 0.25) is 5.91 Å². The molecule has 0 atom stereocenters. The quantitative estimate of drug-likeness (QED) is 0.392. The zero-order chi connectivity index (χ0) is 22.1. The summed E-state index contributed by atoms with van der Waals surface area (Å²) in [6.07, 6.45) is -5.02. The lowest BCUT2D eigenvalue weighted by Gasteiger charge is -2.22. The predicted molar refractivity (Wildman–Crippen MR) is 102 cm³/mol. The number of nitrogens with two attached hydrogens (primary N) is 1. The van der Waals surface area contributed by atoms with Crippen molar-refractivity contribution >= 4 is 29.1 Å². The molecule has 4 N–H and O–H groups in total. The van der Waals surface area contributed by atoms with Crippen LogP contribution >= 0.6 is 11.6 Å². The van der Waals surface area contributed by atoms with Crippen LogP contribution in [0.2, 0.25) is 5.02 Å². The Morgan fingerprint density at radius 3 is 2.34 bits per heavy atom. The second-order valence-corrected chi connectivity index (χ2v) is 7.88. The van der Waals surface area contributed by atoms with Crippen LogP contribution in [0.5, 0.6) is 0 Å². The molecule has 2 aromatic rings. The van der Waals surface area contributed by atoms with Crippen LogP contribution in [0, 0.1) is 6.92 Å². The van der Waals surface area contributed by atoms with Crippen LogP contribution in [0.25, 0.3) is 0 Å². The molecule has 0 saturated carbocycles. The normalized spacial score (nSPS) is 12.0. The molecule has 11 heteroatoms. The molecule has 0 fully saturated rings. The van der Waals surface area contributed by atoms with Crippen LogP contribution in [-0.2, 0) is 22.9 Å². The first-order valence-electron chi connectivity index (χ1n) is 8.51. The van der Waals surface area contributed by atoms with Crippen molar-refractivity contribution in [3.05, 3.63) is 45.7 Å². The van der Waals surface area contributed by atoms with E-state index in [-0.39, 0.29) is 28.4 Å². The molecule has 1 heterocycles. The van der Waals surface area contributed by atoms with Gasteiger partial charge in [-0.3, -0.25) is 19.7 Å². The van der Waals surface area contributed by atoms with Crippen molar-refractivity contribution in [2.75, 3.05) is 5.32 Å². The third kappa shape index (κ3) is 5.27. The molecule has 2 rings (SSSR count). The summed E-state index contributed by atoms with van der Waals surface area (Å²) < 4.78 is 40.4. The van der Waals surface area contributed by atoms with Crippen molar-refractivity contribution in [3.63, 3.8) is 0 Å². The number of amides is 2. The molecule has 0 saturated heterocycles. The summed E-state index contributed by atoms with van der Waals surface area (Å²) in [4.78, 5) is 24.6. The highest BCUT2D eigenvalue weighted by molar-refractivity contribution is 6.31. The van der Waals surface area contributed by atoms with E-state index in [9.17, 15) is 22.8 Å². The predicted octanol–water partition coefficient (Wildman–Crippen LogP) is 3.40. The van der Waals surface area contributed by atoms with E-state index in [1.807, 2.05) is 5.43 Å². The maximum Gasteiger partial charge on any atom is 0.435 e. The molecule has 29 heavy (non-hydrogen) atoms. The largest absolute Gasteiger partial charge is 0.435 e. The second kappa shape index (κ2) is 8.03. The Morgan fingerprint density at radius 1 is 1.21 bits per heavy atom. The van der Waals surface area contributed by atoms with E-state index in [0.29, 0.717) is 5.56 Å². The number of hydrazine groups is 1. The number of nitrogens with one attached hydrogen (secondary N) is 2. The molecular weight excluding hydrogens is 411 g/mol. The Morgan fingerprint density at radius 2 is 1.83 bits per heavy atom. The summed E-state index contributed by atoms with van der Waals surface area (Å²) in [6.45, 7) is 6.65. The van der Waals surface area contributed by atoms with Crippen molar-refractivity contribution in [1.29, 1.82) is 0 Å². The van der Waals surface area contributed by atoms with Crippen molar-refractivity contribution in [3.8, 4) is 0 Å². The number of nitrogens with zero attached hydrogens (tertiary/aromatic N) is 2. The van der Waals surface area contributed by atoms with Crippen LogP contribution in [-0.4, -0.2) is 21.6 Å². The number of hydrogen-bond acceptors (Lipinski definition) is 4. The van der Waals surface area contributed by atoms with Gasteiger partial charge in [0.25, 0.3) is 5.91 Å². The SMILES string of the molecule is Cc1cc(Cl)cc(C(=O)NN)c1NC(=O)Cc1cc(C(F)(F)F)nn1C(C)(C)C. The number of hydrogen-bond donors (Lipinski definition) is 3. The number of nitrogen functional groups attached to an aromatic ring is 1. The Hall–Kier alpha value is -2.59. The minimum absolute atomic E-state index is 0.0335. The third-order valence-electron chi connectivity index (χ3n) is 3.99. The number of benzene rings is 1. The van der Waals surface area contributed by atoms with Gasteiger partial charge < -0.3 is 5.32 Å². The molecule has 0 aliphatic carbocycles. The number of rotatable bonds is 4. The molecule has 0 bridgehead atoms. The molecule has 158 valence electrons. The van der Waals surface area contributed by atoms with Gasteiger partial charge in [-0.05, 0) is 51.5 Å². The van der Waals surface area contributed by atoms with Crippen LogP contribution in [0.3, 0.4) is 0 Å². The average Bonchev–Trinajstić information content (AvgIpc) is 3.00. The van der Waals surface area contributed by atoms with Crippen molar-refractivity contribution in [1.82, 2.24) is 15.2 Å². The van der Waals surface area contributed by atoms with Gasteiger partial charge in [-0.1, -0.05) is 11.6 Å². The minimum atomic E-state index is -4.64. The van der Waals surface area contributed by atoms with E-state index in [1.54, 1.807) is 27.7 Å². The van der Waals surface area contributed by atoms with Gasteiger partial charge >= 0.3 is 6.18 Å². The number of aromatic nitrogens is 2. The van der Waals surface area contributed by atoms with Gasteiger partial charge in [-0.25, -0.2) is 5.84 Å². The van der Waals surface area contributed by atoms with E-state index >= 15 is 0 Å². The topological polar surface area (TPSA) is 102 Å². The Balaban J connectivity index is 2.38. The monoisotopic (exact) mass is 431 g/mol. The Bertz CT molecular complexity index is 948. The molecule has 1 aromatic carbocycles. The first kappa shape index (κ1) is 22.7. The van der Waals surface area contributed by atoms with Crippen LogP contribution in [0.4, 0.5) is 18.9 Å². The van der Waals surface area contributed by atoms with Gasteiger partial charge in [0, 0.05) is 10.7 Å². The van der Waals surface area contributed by atoms with Crippen molar-refractivity contribution in [2.45, 2.75) is 45.8 Å². The fraction of sp³-hybridized carbons (Fsp3) is 0.389. The van der Waals surface area contributed by atoms with Gasteiger partial charge in [-0.15, -0.1) is 0 Å². The maximum atomic E-state index is 13.1. The summed E-state index contributed by atoms with van der Waals surface area (Å²) in [5, 5.41) is 6.44. The molecule has 0 radical (unpaired) electrons. The standard InChI is InChI=1S/C18H21ClF3N5O2/c1-9-5-10(19)6-12(16(29)25-23)15(9)24-14(28)8-11-7-13(18(20,21)22)26-27(11)17(2,3)4/h5-7H,8,23H2,1-4H3,(H,24,28)(H,25,29). The summed E-state index contributed by atoms with van der Waals surface area (Å²) in [6, 6.07) is 3.70. The second-order valence-electron chi connectivity index (χ2n) is 7.44. The number of carbonyl (C=O) groups excluding carboxylic acids is 2. The number of halogens is 4. The van der Waals surface area contributed by atoms with Gasteiger partial charge in [0.05, 0.1) is 23.2 Å². The lowest BCUT2D eigenvalue weighted by atomic mass is 10.1.